The smallest absolute Gasteiger partial charge is 0.266 e. The largest absolute Gasteiger partial charge is 0.497 e. The molecule has 0 radical (unpaired) electrons. The summed E-state index contributed by atoms with van der Waals surface area (Å²) in [6.07, 6.45) is 1.55. The van der Waals surface area contributed by atoms with Crippen LogP contribution < -0.4 is 10.2 Å². The van der Waals surface area contributed by atoms with Gasteiger partial charge in [-0.3, -0.25) is 4.79 Å². The number of rotatable bonds is 6. The van der Waals surface area contributed by atoms with Crippen molar-refractivity contribution in [1.29, 1.82) is 0 Å². The van der Waals surface area contributed by atoms with Crippen LogP contribution in [0.3, 0.4) is 0 Å². The van der Waals surface area contributed by atoms with Crippen molar-refractivity contribution in [2.75, 3.05) is 20.3 Å². The fourth-order valence-corrected chi connectivity index (χ4v) is 1.13. The van der Waals surface area contributed by atoms with Crippen molar-refractivity contribution in [2.24, 2.45) is 5.10 Å². The maximum Gasteiger partial charge on any atom is 0.266 e. The highest BCUT2D eigenvalue weighted by molar-refractivity contribution is 5.83. The fourth-order valence-electron chi connectivity index (χ4n) is 1.13. The molecule has 1 rings (SSSR count). The standard InChI is InChI=1S/C12H16N2O3/c1-3-17-9-12(15)14-13-8-10-5-4-6-11(7-10)16-2/h4-8H,3,9H2,1-2H3,(H,14,15)/b13-8+. The molecule has 0 saturated carbocycles. The van der Waals surface area contributed by atoms with Gasteiger partial charge in [0.25, 0.3) is 5.91 Å². The van der Waals surface area contributed by atoms with Crippen molar-refractivity contribution >= 4 is 12.1 Å². The Morgan fingerprint density at radius 3 is 3.06 bits per heavy atom. The zero-order chi connectivity index (χ0) is 12.5. The number of hydrogen-bond donors (Lipinski definition) is 1. The average molecular weight is 236 g/mol. The summed E-state index contributed by atoms with van der Waals surface area (Å²) in [6.45, 7) is 2.35. The predicted octanol–water partition coefficient (Wildman–Crippen LogP) is 1.18. The molecule has 17 heavy (non-hydrogen) atoms. The number of carbonyl (C=O) groups excluding carboxylic acids is 1. The third-order valence-electron chi connectivity index (χ3n) is 1.93. The van der Waals surface area contributed by atoms with Crippen LogP contribution in [-0.2, 0) is 9.53 Å². The Hall–Kier alpha value is -1.88. The Morgan fingerprint density at radius 2 is 2.35 bits per heavy atom. The molecule has 0 heterocycles. The highest BCUT2D eigenvalue weighted by atomic mass is 16.5. The molecule has 0 bridgehead atoms. The average Bonchev–Trinajstić information content (AvgIpc) is 2.36. The number of hydrazone groups is 1. The number of methoxy groups -OCH3 is 1. The summed E-state index contributed by atoms with van der Waals surface area (Å²) in [5, 5.41) is 3.81. The van der Waals surface area contributed by atoms with Gasteiger partial charge in [-0.05, 0) is 24.6 Å². The van der Waals surface area contributed by atoms with E-state index in [2.05, 4.69) is 10.5 Å². The summed E-state index contributed by atoms with van der Waals surface area (Å²) in [5.74, 6) is 0.473. The highest BCUT2D eigenvalue weighted by Gasteiger charge is 1.97. The summed E-state index contributed by atoms with van der Waals surface area (Å²) in [4.78, 5) is 11.1. The first-order valence-electron chi connectivity index (χ1n) is 5.30. The van der Waals surface area contributed by atoms with E-state index in [4.69, 9.17) is 9.47 Å². The SMILES string of the molecule is CCOCC(=O)N/N=C/c1cccc(OC)c1. The summed E-state index contributed by atoms with van der Waals surface area (Å²) >= 11 is 0. The van der Waals surface area contributed by atoms with Crippen LogP contribution in [0.4, 0.5) is 0 Å². The molecule has 92 valence electrons. The van der Waals surface area contributed by atoms with E-state index in [1.54, 1.807) is 13.3 Å². The molecule has 0 unspecified atom stereocenters. The van der Waals surface area contributed by atoms with E-state index < -0.39 is 0 Å². The van der Waals surface area contributed by atoms with Crippen LogP contribution in [0.2, 0.25) is 0 Å². The van der Waals surface area contributed by atoms with Gasteiger partial charge in [-0.25, -0.2) is 5.43 Å². The zero-order valence-corrected chi connectivity index (χ0v) is 9.97. The predicted molar refractivity (Wildman–Crippen MR) is 65.2 cm³/mol. The minimum atomic E-state index is -0.272. The van der Waals surface area contributed by atoms with Gasteiger partial charge in [0.1, 0.15) is 12.4 Å². The number of nitrogens with one attached hydrogen (secondary N) is 1. The summed E-state index contributed by atoms with van der Waals surface area (Å²) < 4.78 is 9.99. The number of hydrogen-bond acceptors (Lipinski definition) is 4. The molecule has 1 amide bonds. The molecule has 0 aromatic heterocycles. The molecule has 1 aromatic carbocycles. The molecule has 1 aromatic rings. The maximum atomic E-state index is 11.1. The summed E-state index contributed by atoms with van der Waals surface area (Å²) in [7, 11) is 1.60. The molecule has 5 heteroatoms. The van der Waals surface area contributed by atoms with Crippen molar-refractivity contribution < 1.29 is 14.3 Å². The molecule has 1 N–H and O–H groups in total. The molecule has 0 atom stereocenters. The van der Waals surface area contributed by atoms with E-state index in [9.17, 15) is 4.79 Å². The van der Waals surface area contributed by atoms with E-state index in [-0.39, 0.29) is 12.5 Å². The molecular weight excluding hydrogens is 220 g/mol. The molecule has 0 aliphatic rings. The Balaban J connectivity index is 2.44. The normalized spacial score (nSPS) is 10.5. The first-order valence-corrected chi connectivity index (χ1v) is 5.30. The van der Waals surface area contributed by atoms with Gasteiger partial charge in [-0.1, -0.05) is 12.1 Å². The van der Waals surface area contributed by atoms with Gasteiger partial charge in [-0.15, -0.1) is 0 Å². The zero-order valence-electron chi connectivity index (χ0n) is 9.97. The number of benzene rings is 1. The summed E-state index contributed by atoms with van der Waals surface area (Å²) in [5.41, 5.74) is 3.22. The van der Waals surface area contributed by atoms with Gasteiger partial charge in [0, 0.05) is 6.61 Å². The highest BCUT2D eigenvalue weighted by Crippen LogP contribution is 2.10. The van der Waals surface area contributed by atoms with Crippen LogP contribution >= 0.6 is 0 Å². The first kappa shape index (κ1) is 13.2. The lowest BCUT2D eigenvalue weighted by atomic mass is 10.2. The fraction of sp³-hybridized carbons (Fsp3) is 0.333. The van der Waals surface area contributed by atoms with E-state index in [1.807, 2.05) is 31.2 Å². The third kappa shape index (κ3) is 5.12. The number of amides is 1. The molecule has 0 aliphatic carbocycles. The third-order valence-corrected chi connectivity index (χ3v) is 1.93. The van der Waals surface area contributed by atoms with Gasteiger partial charge in [0.05, 0.1) is 13.3 Å². The minimum absolute atomic E-state index is 0.0198. The van der Waals surface area contributed by atoms with Gasteiger partial charge in [0.2, 0.25) is 0 Å². The first-order chi connectivity index (χ1) is 8.26. The van der Waals surface area contributed by atoms with E-state index in [0.29, 0.717) is 6.61 Å². The van der Waals surface area contributed by atoms with Crippen LogP contribution in [-0.4, -0.2) is 32.4 Å². The molecule has 0 spiro atoms. The van der Waals surface area contributed by atoms with E-state index in [1.165, 1.54) is 0 Å². The van der Waals surface area contributed by atoms with Crippen LogP contribution in [0, 0.1) is 0 Å². The van der Waals surface area contributed by atoms with Crippen LogP contribution in [0.25, 0.3) is 0 Å². The van der Waals surface area contributed by atoms with Crippen LogP contribution in [0.5, 0.6) is 5.75 Å². The van der Waals surface area contributed by atoms with Crippen molar-refractivity contribution in [2.45, 2.75) is 6.92 Å². The molecule has 0 aliphatic heterocycles. The van der Waals surface area contributed by atoms with Gasteiger partial charge in [-0.2, -0.15) is 5.10 Å². The Morgan fingerprint density at radius 1 is 1.53 bits per heavy atom. The monoisotopic (exact) mass is 236 g/mol. The lowest BCUT2D eigenvalue weighted by molar-refractivity contribution is -0.125. The lowest BCUT2D eigenvalue weighted by Crippen LogP contribution is -2.22. The number of carbonyl (C=O) groups is 1. The van der Waals surface area contributed by atoms with E-state index >= 15 is 0 Å². The second-order valence-corrected chi connectivity index (χ2v) is 3.21. The molecule has 5 nitrogen and oxygen atoms in total. The number of ether oxygens (including phenoxy) is 2. The van der Waals surface area contributed by atoms with Crippen molar-refractivity contribution in [3.63, 3.8) is 0 Å². The second-order valence-electron chi connectivity index (χ2n) is 3.21. The van der Waals surface area contributed by atoms with Crippen molar-refractivity contribution in [3.05, 3.63) is 29.8 Å². The Labute approximate surface area is 100 Å². The van der Waals surface area contributed by atoms with Crippen molar-refractivity contribution in [3.8, 4) is 5.75 Å². The Kier molecular flexibility index (Phi) is 5.74. The van der Waals surface area contributed by atoms with E-state index in [0.717, 1.165) is 11.3 Å². The topological polar surface area (TPSA) is 59.9 Å². The van der Waals surface area contributed by atoms with Crippen LogP contribution in [0.1, 0.15) is 12.5 Å². The maximum absolute atomic E-state index is 11.1. The molecule has 0 fully saturated rings. The van der Waals surface area contributed by atoms with Gasteiger partial charge >= 0.3 is 0 Å². The van der Waals surface area contributed by atoms with Crippen molar-refractivity contribution in [1.82, 2.24) is 5.43 Å². The summed E-state index contributed by atoms with van der Waals surface area (Å²) in [6, 6.07) is 7.37. The van der Waals surface area contributed by atoms with Crippen LogP contribution in [0.15, 0.2) is 29.4 Å². The van der Waals surface area contributed by atoms with Gasteiger partial charge in [0.15, 0.2) is 0 Å². The quantitative estimate of drug-likeness (QED) is 0.596. The number of nitrogens with zero attached hydrogens (tertiary/aromatic N) is 1. The Bertz CT molecular complexity index is 391. The molecule has 0 saturated heterocycles. The van der Waals surface area contributed by atoms with Gasteiger partial charge < -0.3 is 9.47 Å². The second kappa shape index (κ2) is 7.40. The lowest BCUT2D eigenvalue weighted by Gasteiger charge is -2.00. The minimum Gasteiger partial charge on any atom is -0.497 e. The molecular formula is C12H16N2O3.